The number of aromatic nitrogens is 4. The minimum absolute atomic E-state index is 0.246. The number of carbonyl (C=O) groups is 1. The number of amides is 1. The van der Waals surface area contributed by atoms with Crippen molar-refractivity contribution < 1.29 is 9.53 Å². The van der Waals surface area contributed by atoms with Gasteiger partial charge in [0.15, 0.2) is 5.16 Å². The lowest BCUT2D eigenvalue weighted by Gasteiger charge is -2.33. The summed E-state index contributed by atoms with van der Waals surface area (Å²) >= 11 is 1.66. The summed E-state index contributed by atoms with van der Waals surface area (Å²) in [5.41, 5.74) is 2.22. The topological polar surface area (TPSA) is 90.1 Å². The Balaban J connectivity index is 1.22. The van der Waals surface area contributed by atoms with Crippen LogP contribution in [0.2, 0.25) is 0 Å². The zero-order valence-corrected chi connectivity index (χ0v) is 17.8. The quantitative estimate of drug-likeness (QED) is 0.563. The lowest BCUT2D eigenvalue weighted by molar-refractivity contribution is 0.111. The fourth-order valence-electron chi connectivity index (χ4n) is 3.38. The molecule has 30 heavy (non-hydrogen) atoms. The predicted molar refractivity (Wildman–Crippen MR) is 116 cm³/mol. The monoisotopic (exact) mass is 426 g/mol. The zero-order valence-electron chi connectivity index (χ0n) is 17.0. The molecule has 1 saturated heterocycles. The van der Waals surface area contributed by atoms with Gasteiger partial charge in [0.05, 0.1) is 12.0 Å². The lowest BCUT2D eigenvalue weighted by atomic mass is 10.1. The molecular weight excluding hydrogens is 400 g/mol. The maximum atomic E-state index is 12.5. The highest BCUT2D eigenvalue weighted by atomic mass is 32.2. The first-order valence-corrected chi connectivity index (χ1v) is 11.0. The molecule has 3 aromatic rings. The number of imidazole rings is 2. The van der Waals surface area contributed by atoms with E-state index in [-0.39, 0.29) is 11.3 Å². The van der Waals surface area contributed by atoms with Crippen LogP contribution < -0.4 is 4.74 Å². The highest BCUT2D eigenvalue weighted by molar-refractivity contribution is 7.99. The molecule has 0 spiro atoms. The van der Waals surface area contributed by atoms with Crippen molar-refractivity contribution >= 4 is 17.9 Å². The Morgan fingerprint density at radius 3 is 2.67 bits per heavy atom. The van der Waals surface area contributed by atoms with Crippen molar-refractivity contribution in [1.82, 2.24) is 29.7 Å². The average Bonchev–Trinajstić information content (AvgIpc) is 3.47. The molecule has 2 N–H and O–H groups in total. The van der Waals surface area contributed by atoms with Crippen LogP contribution in [0.4, 0.5) is 4.79 Å². The van der Waals surface area contributed by atoms with Crippen LogP contribution in [0.25, 0.3) is 0 Å². The van der Waals surface area contributed by atoms with Crippen molar-refractivity contribution in [2.24, 2.45) is 0 Å². The van der Waals surface area contributed by atoms with Gasteiger partial charge in [-0.2, -0.15) is 0 Å². The molecule has 0 saturated carbocycles. The molecule has 1 aliphatic heterocycles. The van der Waals surface area contributed by atoms with Crippen LogP contribution in [0.1, 0.15) is 23.4 Å². The first kappa shape index (κ1) is 20.5. The lowest BCUT2D eigenvalue weighted by Crippen LogP contribution is -2.49. The Labute approximate surface area is 180 Å². The maximum absolute atomic E-state index is 12.5. The molecular formula is C21H26N6O2S. The summed E-state index contributed by atoms with van der Waals surface area (Å²) in [5, 5.41) is 1.14. The second-order valence-corrected chi connectivity index (χ2v) is 8.56. The Morgan fingerprint density at radius 2 is 2.00 bits per heavy atom. The third-order valence-electron chi connectivity index (χ3n) is 5.19. The third kappa shape index (κ3) is 5.43. The van der Waals surface area contributed by atoms with Gasteiger partial charge in [0.1, 0.15) is 5.75 Å². The van der Waals surface area contributed by atoms with Gasteiger partial charge < -0.3 is 19.6 Å². The molecule has 1 atom stereocenters. The molecule has 1 aromatic carbocycles. The van der Waals surface area contributed by atoms with Crippen LogP contribution in [0.3, 0.4) is 0 Å². The van der Waals surface area contributed by atoms with Crippen LogP contribution in [0.5, 0.6) is 5.75 Å². The molecule has 0 radical (unpaired) electrons. The molecule has 0 bridgehead atoms. The third-order valence-corrected chi connectivity index (χ3v) is 6.26. The maximum Gasteiger partial charge on any atom is 0.415 e. The van der Waals surface area contributed by atoms with E-state index in [1.54, 1.807) is 29.2 Å². The molecule has 9 heteroatoms. The van der Waals surface area contributed by atoms with Crippen molar-refractivity contribution in [3.63, 3.8) is 0 Å². The summed E-state index contributed by atoms with van der Waals surface area (Å²) in [6.07, 6.45) is 7.82. The van der Waals surface area contributed by atoms with Crippen molar-refractivity contribution in [1.29, 1.82) is 0 Å². The molecule has 158 valence electrons. The summed E-state index contributed by atoms with van der Waals surface area (Å²) in [5.74, 6) is 0.569. The van der Waals surface area contributed by atoms with E-state index in [0.717, 1.165) is 42.5 Å². The molecule has 1 aliphatic rings. The minimum atomic E-state index is -0.285. The van der Waals surface area contributed by atoms with Crippen molar-refractivity contribution in [2.75, 3.05) is 32.7 Å². The number of H-pyrrole nitrogens is 2. The van der Waals surface area contributed by atoms with Gasteiger partial charge in [0.25, 0.3) is 0 Å². The number of nitrogens with zero attached hydrogens (tertiary/aromatic N) is 4. The van der Waals surface area contributed by atoms with E-state index in [4.69, 9.17) is 4.74 Å². The van der Waals surface area contributed by atoms with Gasteiger partial charge in [-0.15, -0.1) is 0 Å². The summed E-state index contributed by atoms with van der Waals surface area (Å²) < 4.78 is 5.58. The van der Waals surface area contributed by atoms with Crippen molar-refractivity contribution in [3.05, 3.63) is 60.4 Å². The SMILES string of the molecule is CC(Sc1ncc[nH]1)c1ccc(OC(=O)N2CCN(CCc3c[nH]cn3)CC2)cc1. The number of hydrogen-bond donors (Lipinski definition) is 2. The largest absolute Gasteiger partial charge is 0.415 e. The van der Waals surface area contributed by atoms with E-state index in [1.807, 2.05) is 36.7 Å². The second-order valence-electron chi connectivity index (χ2n) is 7.23. The number of carbonyl (C=O) groups excluding carboxylic acids is 1. The van der Waals surface area contributed by atoms with Gasteiger partial charge in [-0.25, -0.2) is 14.8 Å². The minimum Gasteiger partial charge on any atom is -0.410 e. The number of rotatable bonds is 7. The number of thioether (sulfide) groups is 1. The van der Waals surface area contributed by atoms with E-state index >= 15 is 0 Å². The Hall–Kier alpha value is -2.78. The fourth-order valence-corrected chi connectivity index (χ4v) is 4.26. The van der Waals surface area contributed by atoms with Crippen molar-refractivity contribution in [3.8, 4) is 5.75 Å². The second kappa shape index (κ2) is 9.82. The smallest absolute Gasteiger partial charge is 0.410 e. The van der Waals surface area contributed by atoms with Gasteiger partial charge in [-0.05, 0) is 24.6 Å². The number of hydrogen-bond acceptors (Lipinski definition) is 6. The van der Waals surface area contributed by atoms with E-state index in [1.165, 1.54) is 0 Å². The first-order chi connectivity index (χ1) is 14.7. The molecule has 0 aliphatic carbocycles. The molecule has 8 nitrogen and oxygen atoms in total. The predicted octanol–water partition coefficient (Wildman–Crippen LogP) is 3.35. The Kier molecular flexibility index (Phi) is 6.70. The normalized spacial score (nSPS) is 15.8. The average molecular weight is 427 g/mol. The van der Waals surface area contributed by atoms with Crippen LogP contribution in [-0.4, -0.2) is 68.6 Å². The highest BCUT2D eigenvalue weighted by Gasteiger charge is 2.22. The summed E-state index contributed by atoms with van der Waals surface area (Å²) in [7, 11) is 0. The molecule has 2 aromatic heterocycles. The van der Waals surface area contributed by atoms with Gasteiger partial charge >= 0.3 is 6.09 Å². The van der Waals surface area contributed by atoms with E-state index < -0.39 is 0 Å². The van der Waals surface area contributed by atoms with Crippen LogP contribution in [0, 0.1) is 0 Å². The highest BCUT2D eigenvalue weighted by Crippen LogP contribution is 2.33. The molecule has 4 rings (SSSR count). The Morgan fingerprint density at radius 1 is 1.20 bits per heavy atom. The summed E-state index contributed by atoms with van der Waals surface area (Å²) in [6, 6.07) is 7.70. The first-order valence-electron chi connectivity index (χ1n) is 10.1. The van der Waals surface area contributed by atoms with Crippen LogP contribution >= 0.6 is 11.8 Å². The number of piperazine rings is 1. The van der Waals surface area contributed by atoms with E-state index in [2.05, 4.69) is 31.8 Å². The zero-order chi connectivity index (χ0) is 20.8. The van der Waals surface area contributed by atoms with Gasteiger partial charge in [-0.3, -0.25) is 4.90 Å². The number of nitrogens with one attached hydrogen (secondary N) is 2. The molecule has 1 unspecified atom stereocenters. The van der Waals surface area contributed by atoms with Gasteiger partial charge in [0, 0.05) is 63.0 Å². The van der Waals surface area contributed by atoms with E-state index in [0.29, 0.717) is 18.8 Å². The summed E-state index contributed by atoms with van der Waals surface area (Å²) in [6.45, 7) is 6.12. The number of benzene rings is 1. The van der Waals surface area contributed by atoms with Gasteiger partial charge in [-0.1, -0.05) is 23.9 Å². The van der Waals surface area contributed by atoms with Crippen LogP contribution in [-0.2, 0) is 6.42 Å². The Bertz CT molecular complexity index is 906. The van der Waals surface area contributed by atoms with Crippen LogP contribution in [0.15, 0.2) is 54.3 Å². The molecule has 1 fully saturated rings. The van der Waals surface area contributed by atoms with E-state index in [9.17, 15) is 4.79 Å². The molecule has 1 amide bonds. The van der Waals surface area contributed by atoms with Crippen molar-refractivity contribution in [2.45, 2.75) is 23.8 Å². The summed E-state index contributed by atoms with van der Waals surface area (Å²) in [4.78, 5) is 31.2. The number of aromatic amines is 2. The van der Waals surface area contributed by atoms with Gasteiger partial charge in [0.2, 0.25) is 0 Å². The fraction of sp³-hybridized carbons (Fsp3) is 0.381. The number of ether oxygens (including phenoxy) is 1. The standard InChI is InChI=1S/C21H26N6O2S/c1-16(30-20-23-7-8-24-20)17-2-4-19(5-3-17)29-21(28)27-12-10-26(11-13-27)9-6-18-14-22-15-25-18/h2-5,7-8,14-16H,6,9-13H2,1H3,(H,22,25)(H,23,24). The molecule has 3 heterocycles.